The van der Waals surface area contributed by atoms with Crippen molar-refractivity contribution in [2.45, 2.75) is 37.3 Å². The third-order valence-electron chi connectivity index (χ3n) is 6.68. The zero-order valence-electron chi connectivity index (χ0n) is 19.5. The zero-order valence-corrected chi connectivity index (χ0v) is 20.3. The number of methoxy groups -OCH3 is 1. The van der Waals surface area contributed by atoms with Gasteiger partial charge >= 0.3 is 0 Å². The number of ether oxygens (including phenoxy) is 1. The molecule has 0 spiro atoms. The lowest BCUT2D eigenvalue weighted by Crippen LogP contribution is -2.38. The molecular weight excluding hydrogens is 446 g/mol. The van der Waals surface area contributed by atoms with Gasteiger partial charge in [-0.1, -0.05) is 36.9 Å². The summed E-state index contributed by atoms with van der Waals surface area (Å²) in [4.78, 5) is 18.3. The van der Waals surface area contributed by atoms with Crippen LogP contribution in [0.2, 0.25) is 0 Å². The summed E-state index contributed by atoms with van der Waals surface area (Å²) in [5.41, 5.74) is 4.74. The minimum Gasteiger partial charge on any atom is -0.497 e. The zero-order chi connectivity index (χ0) is 23.5. The van der Waals surface area contributed by atoms with Gasteiger partial charge in [0.05, 0.1) is 18.6 Å². The predicted octanol–water partition coefficient (Wildman–Crippen LogP) is 4.82. The number of piperidine rings is 1. The standard InChI is InChI=1S/C26H29N5O2S/c1-3-18-6-4-5-7-24(18)31-17-28-29-26(31)34-16-25(32)30-12-10-19(11-13-30)22-15-27-23-9-8-20(33-2)14-21(22)23/h4-9,14-15,17,19,27H,3,10-13,16H2,1-2H3. The molecule has 4 aromatic rings. The molecule has 0 atom stereocenters. The number of hydrogen-bond donors (Lipinski definition) is 1. The molecule has 0 radical (unpaired) electrons. The van der Waals surface area contributed by atoms with Crippen LogP contribution in [0.3, 0.4) is 0 Å². The Morgan fingerprint density at radius 2 is 2.03 bits per heavy atom. The van der Waals surface area contributed by atoms with E-state index in [2.05, 4.69) is 52.6 Å². The highest BCUT2D eigenvalue weighted by Crippen LogP contribution is 2.35. The van der Waals surface area contributed by atoms with E-state index in [4.69, 9.17) is 4.74 Å². The van der Waals surface area contributed by atoms with Gasteiger partial charge in [-0.3, -0.25) is 9.36 Å². The molecule has 0 unspecified atom stereocenters. The number of amides is 1. The molecule has 1 fully saturated rings. The van der Waals surface area contributed by atoms with Crippen LogP contribution in [0.25, 0.3) is 16.6 Å². The molecule has 1 aliphatic heterocycles. The smallest absolute Gasteiger partial charge is 0.233 e. The third kappa shape index (κ3) is 4.42. The molecule has 2 aromatic carbocycles. The Hall–Kier alpha value is -3.26. The number of nitrogens with one attached hydrogen (secondary N) is 1. The highest BCUT2D eigenvalue weighted by atomic mass is 32.2. The highest BCUT2D eigenvalue weighted by Gasteiger charge is 2.26. The number of aromatic amines is 1. The van der Waals surface area contributed by atoms with Crippen molar-refractivity contribution in [3.8, 4) is 11.4 Å². The van der Waals surface area contributed by atoms with E-state index in [9.17, 15) is 4.79 Å². The van der Waals surface area contributed by atoms with E-state index in [-0.39, 0.29) is 5.91 Å². The average molecular weight is 476 g/mol. The first-order valence-corrected chi connectivity index (χ1v) is 12.7. The molecule has 1 aliphatic rings. The predicted molar refractivity (Wildman–Crippen MR) is 135 cm³/mol. The molecule has 34 heavy (non-hydrogen) atoms. The first-order chi connectivity index (χ1) is 16.7. The normalized spacial score (nSPS) is 14.6. The molecule has 5 rings (SSSR count). The second-order valence-corrected chi connectivity index (χ2v) is 9.51. The van der Waals surface area contributed by atoms with Gasteiger partial charge in [-0.05, 0) is 60.6 Å². The van der Waals surface area contributed by atoms with Crippen molar-refractivity contribution in [2.75, 3.05) is 26.0 Å². The Morgan fingerprint density at radius 1 is 1.21 bits per heavy atom. The van der Waals surface area contributed by atoms with Crippen LogP contribution in [0, 0.1) is 0 Å². The summed E-state index contributed by atoms with van der Waals surface area (Å²) in [5, 5.41) is 10.3. The van der Waals surface area contributed by atoms with Gasteiger partial charge in [0, 0.05) is 30.2 Å². The minimum absolute atomic E-state index is 0.155. The van der Waals surface area contributed by atoms with Gasteiger partial charge in [0.15, 0.2) is 5.16 Å². The summed E-state index contributed by atoms with van der Waals surface area (Å²) in [6, 6.07) is 14.4. The van der Waals surface area contributed by atoms with Crippen LogP contribution >= 0.6 is 11.8 Å². The Kier molecular flexibility index (Phi) is 6.58. The summed E-state index contributed by atoms with van der Waals surface area (Å²) in [6.07, 6.45) is 6.68. The average Bonchev–Trinajstić information content (AvgIpc) is 3.54. The van der Waals surface area contributed by atoms with Crippen LogP contribution < -0.4 is 4.74 Å². The van der Waals surface area contributed by atoms with E-state index < -0.39 is 0 Å². The van der Waals surface area contributed by atoms with Crippen LogP contribution in [-0.2, 0) is 11.2 Å². The monoisotopic (exact) mass is 475 g/mol. The quantitative estimate of drug-likeness (QED) is 0.388. The van der Waals surface area contributed by atoms with E-state index in [1.807, 2.05) is 27.7 Å². The van der Waals surface area contributed by atoms with E-state index in [1.165, 1.54) is 28.3 Å². The molecule has 8 heteroatoms. The van der Waals surface area contributed by atoms with E-state index >= 15 is 0 Å². The maximum Gasteiger partial charge on any atom is 0.233 e. The Morgan fingerprint density at radius 3 is 2.82 bits per heavy atom. The lowest BCUT2D eigenvalue weighted by atomic mass is 9.89. The Labute approximate surface area is 203 Å². The van der Waals surface area contributed by atoms with Crippen molar-refractivity contribution < 1.29 is 9.53 Å². The second-order valence-electron chi connectivity index (χ2n) is 8.57. The fraction of sp³-hybridized carbons (Fsp3) is 0.346. The second kappa shape index (κ2) is 9.93. The highest BCUT2D eigenvalue weighted by molar-refractivity contribution is 7.99. The number of hydrogen-bond acceptors (Lipinski definition) is 5. The topological polar surface area (TPSA) is 76.0 Å². The lowest BCUT2D eigenvalue weighted by molar-refractivity contribution is -0.129. The van der Waals surface area contributed by atoms with Gasteiger partial charge in [-0.25, -0.2) is 0 Å². The maximum atomic E-state index is 13.0. The van der Waals surface area contributed by atoms with Gasteiger partial charge in [0.1, 0.15) is 12.1 Å². The number of aromatic nitrogens is 4. The summed E-state index contributed by atoms with van der Waals surface area (Å²) < 4.78 is 7.39. The van der Waals surface area contributed by atoms with Gasteiger partial charge in [0.2, 0.25) is 5.91 Å². The van der Waals surface area contributed by atoms with Crippen molar-refractivity contribution in [1.82, 2.24) is 24.6 Å². The first-order valence-electron chi connectivity index (χ1n) is 11.7. The molecule has 7 nitrogen and oxygen atoms in total. The summed E-state index contributed by atoms with van der Waals surface area (Å²) in [7, 11) is 1.70. The van der Waals surface area contributed by atoms with Crippen LogP contribution in [0.4, 0.5) is 0 Å². The van der Waals surface area contributed by atoms with Crippen molar-refractivity contribution in [3.05, 3.63) is 66.1 Å². The molecule has 2 aromatic heterocycles. The van der Waals surface area contributed by atoms with Gasteiger partial charge < -0.3 is 14.6 Å². The number of rotatable bonds is 7. The van der Waals surface area contributed by atoms with Gasteiger partial charge in [0.25, 0.3) is 0 Å². The number of thioether (sulfide) groups is 1. The Bertz CT molecular complexity index is 1290. The number of aryl methyl sites for hydroxylation is 1. The molecule has 1 N–H and O–H groups in total. The maximum absolute atomic E-state index is 13.0. The molecule has 0 aliphatic carbocycles. The number of carbonyl (C=O) groups is 1. The number of H-pyrrole nitrogens is 1. The number of likely N-dealkylation sites (tertiary alicyclic amines) is 1. The lowest BCUT2D eigenvalue weighted by Gasteiger charge is -2.32. The molecule has 1 saturated heterocycles. The molecule has 0 saturated carbocycles. The number of carbonyl (C=O) groups excluding carboxylic acids is 1. The fourth-order valence-corrected chi connectivity index (χ4v) is 5.60. The number of benzene rings is 2. The molecule has 176 valence electrons. The largest absolute Gasteiger partial charge is 0.497 e. The molecular formula is C26H29N5O2S. The molecule has 0 bridgehead atoms. The van der Waals surface area contributed by atoms with Crippen molar-refractivity contribution in [2.24, 2.45) is 0 Å². The van der Waals surface area contributed by atoms with E-state index in [0.717, 1.165) is 54.5 Å². The van der Waals surface area contributed by atoms with Crippen LogP contribution in [0.15, 0.2) is 60.1 Å². The molecule has 1 amide bonds. The number of fused-ring (bicyclic) bond motifs is 1. The minimum atomic E-state index is 0.155. The first kappa shape index (κ1) is 22.5. The number of nitrogens with zero attached hydrogens (tertiary/aromatic N) is 4. The van der Waals surface area contributed by atoms with Gasteiger partial charge in [-0.15, -0.1) is 10.2 Å². The van der Waals surface area contributed by atoms with E-state index in [1.54, 1.807) is 13.4 Å². The van der Waals surface area contributed by atoms with Crippen LogP contribution in [-0.4, -0.2) is 56.5 Å². The van der Waals surface area contributed by atoms with Gasteiger partial charge in [-0.2, -0.15) is 0 Å². The summed E-state index contributed by atoms with van der Waals surface area (Å²) in [6.45, 7) is 3.67. The van der Waals surface area contributed by atoms with Crippen molar-refractivity contribution >= 4 is 28.6 Å². The van der Waals surface area contributed by atoms with Crippen LogP contribution in [0.5, 0.6) is 5.75 Å². The fourth-order valence-electron chi connectivity index (χ4n) is 4.78. The number of para-hydroxylation sites is 1. The Balaban J connectivity index is 1.21. The summed E-state index contributed by atoms with van der Waals surface area (Å²) in [5.74, 6) is 1.82. The van der Waals surface area contributed by atoms with Crippen molar-refractivity contribution in [3.63, 3.8) is 0 Å². The van der Waals surface area contributed by atoms with Crippen LogP contribution in [0.1, 0.15) is 36.8 Å². The van der Waals surface area contributed by atoms with Crippen molar-refractivity contribution in [1.29, 1.82) is 0 Å². The van der Waals surface area contributed by atoms with E-state index in [0.29, 0.717) is 11.7 Å². The third-order valence-corrected chi connectivity index (χ3v) is 7.61. The SMILES string of the molecule is CCc1ccccc1-n1cnnc1SCC(=O)N1CCC(c2c[nH]c3ccc(OC)cc23)CC1. The summed E-state index contributed by atoms with van der Waals surface area (Å²) >= 11 is 1.45. The molecule has 3 heterocycles.